The Morgan fingerprint density at radius 2 is 1.69 bits per heavy atom. The van der Waals surface area contributed by atoms with Crippen molar-refractivity contribution in [1.82, 2.24) is 15.5 Å². The van der Waals surface area contributed by atoms with Gasteiger partial charge in [0.25, 0.3) is 5.89 Å². The quantitative estimate of drug-likeness (QED) is 0.307. The summed E-state index contributed by atoms with van der Waals surface area (Å²) in [5, 5.41) is 8.20. The number of hydrogen-bond donors (Lipinski definition) is 1. The highest BCUT2D eigenvalue weighted by Crippen LogP contribution is 2.39. The van der Waals surface area contributed by atoms with Crippen molar-refractivity contribution in [3.05, 3.63) is 106 Å². The number of halogens is 1. The zero-order valence-corrected chi connectivity index (χ0v) is 21.7. The summed E-state index contributed by atoms with van der Waals surface area (Å²) in [6, 6.07) is 19.1. The van der Waals surface area contributed by atoms with Crippen molar-refractivity contribution >= 4 is 28.6 Å². The van der Waals surface area contributed by atoms with Gasteiger partial charge >= 0.3 is 0 Å². The van der Waals surface area contributed by atoms with Crippen LogP contribution in [-0.2, 0) is 0 Å². The maximum atomic E-state index is 14.5. The smallest absolute Gasteiger partial charge is 0.258 e. The molecular formula is C29H27FN4OS. The molecule has 0 aliphatic carbocycles. The van der Waals surface area contributed by atoms with Gasteiger partial charge in [0.15, 0.2) is 5.11 Å². The summed E-state index contributed by atoms with van der Waals surface area (Å²) >= 11 is 5.79. The zero-order chi connectivity index (χ0) is 25.6. The number of benzene rings is 3. The van der Waals surface area contributed by atoms with Crippen molar-refractivity contribution in [1.29, 1.82) is 0 Å². The molecule has 0 spiro atoms. The number of aryl methyl sites for hydroxylation is 4. The summed E-state index contributed by atoms with van der Waals surface area (Å²) in [5.74, 6) is 0.606. The summed E-state index contributed by atoms with van der Waals surface area (Å²) in [6.07, 6.45) is 0. The largest absolute Gasteiger partial charge is 0.351 e. The van der Waals surface area contributed by atoms with Gasteiger partial charge in [0.05, 0.1) is 17.3 Å². The van der Waals surface area contributed by atoms with Crippen LogP contribution in [0, 0.1) is 33.5 Å². The van der Waals surface area contributed by atoms with E-state index in [0.717, 1.165) is 28.0 Å². The maximum absolute atomic E-state index is 14.5. The van der Waals surface area contributed by atoms with Gasteiger partial charge in [-0.25, -0.2) is 4.39 Å². The van der Waals surface area contributed by atoms with E-state index in [1.807, 2.05) is 49.1 Å². The molecule has 0 saturated carbocycles. The van der Waals surface area contributed by atoms with Crippen LogP contribution < -0.4 is 10.2 Å². The Bertz CT molecular complexity index is 1520. The summed E-state index contributed by atoms with van der Waals surface area (Å²) in [6.45, 7) is 9.88. The fourth-order valence-corrected chi connectivity index (χ4v) is 4.84. The van der Waals surface area contributed by atoms with Crippen LogP contribution >= 0.6 is 12.2 Å². The lowest BCUT2D eigenvalue weighted by atomic mass is 9.92. The monoisotopic (exact) mass is 498 g/mol. The van der Waals surface area contributed by atoms with Gasteiger partial charge in [0, 0.05) is 11.3 Å². The molecule has 1 aromatic heterocycles. The van der Waals surface area contributed by atoms with Gasteiger partial charge in [-0.05, 0) is 87.3 Å². The van der Waals surface area contributed by atoms with Gasteiger partial charge in [-0.3, -0.25) is 4.90 Å². The molecule has 5 rings (SSSR count). The van der Waals surface area contributed by atoms with Crippen LogP contribution in [0.5, 0.6) is 0 Å². The Kier molecular flexibility index (Phi) is 6.18. The molecule has 5 nitrogen and oxygen atoms in total. The lowest BCUT2D eigenvalue weighted by Crippen LogP contribution is -2.46. The summed E-state index contributed by atoms with van der Waals surface area (Å²) < 4.78 is 20.3. The van der Waals surface area contributed by atoms with Gasteiger partial charge in [0.1, 0.15) is 5.82 Å². The average molecular weight is 499 g/mol. The van der Waals surface area contributed by atoms with E-state index in [1.165, 1.54) is 17.2 Å². The van der Waals surface area contributed by atoms with Crippen molar-refractivity contribution in [2.24, 2.45) is 0 Å². The van der Waals surface area contributed by atoms with Gasteiger partial charge in [0.2, 0.25) is 5.82 Å². The van der Waals surface area contributed by atoms with Crippen molar-refractivity contribution in [3.63, 3.8) is 0 Å². The van der Waals surface area contributed by atoms with Crippen LogP contribution in [0.1, 0.15) is 46.7 Å². The lowest BCUT2D eigenvalue weighted by molar-refractivity contribution is 0.404. The Morgan fingerprint density at radius 1 is 0.917 bits per heavy atom. The first-order valence-electron chi connectivity index (χ1n) is 11.8. The highest BCUT2D eigenvalue weighted by molar-refractivity contribution is 7.80. The predicted molar refractivity (Wildman–Crippen MR) is 145 cm³/mol. The van der Waals surface area contributed by atoms with E-state index < -0.39 is 0 Å². The van der Waals surface area contributed by atoms with Crippen LogP contribution in [0.25, 0.3) is 17.0 Å². The van der Waals surface area contributed by atoms with Crippen molar-refractivity contribution in [2.45, 2.75) is 40.7 Å². The fourth-order valence-electron chi connectivity index (χ4n) is 4.48. The number of aromatic nitrogens is 2. The Hall–Kier alpha value is -3.84. The molecule has 2 heterocycles. The molecule has 0 amide bonds. The summed E-state index contributed by atoms with van der Waals surface area (Å²) in [7, 11) is 0. The van der Waals surface area contributed by atoms with E-state index >= 15 is 0 Å². The summed E-state index contributed by atoms with van der Waals surface area (Å²) in [5.41, 5.74) is 8.18. The van der Waals surface area contributed by atoms with Gasteiger partial charge in [-0.15, -0.1) is 0 Å². The summed E-state index contributed by atoms with van der Waals surface area (Å²) in [4.78, 5) is 6.60. The third kappa shape index (κ3) is 4.31. The van der Waals surface area contributed by atoms with E-state index in [4.69, 9.17) is 21.7 Å². The fraction of sp³-hybridized carbons (Fsp3) is 0.207. The first-order chi connectivity index (χ1) is 17.2. The van der Waals surface area contributed by atoms with E-state index in [1.54, 1.807) is 13.0 Å². The second kappa shape index (κ2) is 9.32. The van der Waals surface area contributed by atoms with Crippen LogP contribution in [0.3, 0.4) is 0 Å². The number of nitrogens with one attached hydrogen (secondary N) is 1. The molecule has 1 aliphatic heterocycles. The van der Waals surface area contributed by atoms with Crippen molar-refractivity contribution in [2.75, 3.05) is 4.90 Å². The third-order valence-electron chi connectivity index (χ3n) is 6.70. The minimum atomic E-state index is -0.311. The van der Waals surface area contributed by atoms with Crippen LogP contribution in [-0.4, -0.2) is 15.3 Å². The highest BCUT2D eigenvalue weighted by atomic mass is 32.1. The van der Waals surface area contributed by atoms with Crippen molar-refractivity contribution in [3.8, 4) is 11.4 Å². The second-order valence-corrected chi connectivity index (χ2v) is 9.67. The second-order valence-electron chi connectivity index (χ2n) is 9.29. The molecule has 0 bridgehead atoms. The molecular weight excluding hydrogens is 471 g/mol. The van der Waals surface area contributed by atoms with Gasteiger partial charge in [-0.2, -0.15) is 4.98 Å². The first kappa shape index (κ1) is 23.9. The molecule has 36 heavy (non-hydrogen) atoms. The highest BCUT2D eigenvalue weighted by Gasteiger charge is 2.35. The third-order valence-corrected chi connectivity index (χ3v) is 7.00. The molecule has 0 fully saturated rings. The van der Waals surface area contributed by atoms with E-state index in [-0.39, 0.29) is 11.9 Å². The van der Waals surface area contributed by atoms with Crippen molar-refractivity contribution < 1.29 is 8.91 Å². The molecule has 1 atom stereocenters. The van der Waals surface area contributed by atoms with Gasteiger partial charge in [-0.1, -0.05) is 53.2 Å². The van der Waals surface area contributed by atoms with Crippen LogP contribution in [0.4, 0.5) is 10.1 Å². The van der Waals surface area contributed by atoms with Gasteiger partial charge < -0.3 is 9.84 Å². The molecule has 1 aliphatic rings. The number of thiocarbonyl (C=S) groups is 1. The lowest BCUT2D eigenvalue weighted by Gasteiger charge is -2.37. The Morgan fingerprint density at radius 3 is 2.42 bits per heavy atom. The van der Waals surface area contributed by atoms with E-state index in [9.17, 15) is 4.39 Å². The number of hydrogen-bond acceptors (Lipinski definition) is 4. The van der Waals surface area contributed by atoms with E-state index in [0.29, 0.717) is 28.1 Å². The first-order valence-corrected chi connectivity index (χ1v) is 12.2. The Labute approximate surface area is 215 Å². The number of rotatable bonds is 4. The SMILES string of the molecule is CC1=C(c2nc(-c3cccc(C)c3)no2)C(c2ccc(C)c(C)c2)NC(=S)N1c1ccc(C)c(F)c1. The van der Waals surface area contributed by atoms with Crippen LogP contribution in [0.2, 0.25) is 0 Å². The zero-order valence-electron chi connectivity index (χ0n) is 20.9. The minimum absolute atomic E-state index is 0.291. The molecule has 0 saturated heterocycles. The van der Waals surface area contributed by atoms with E-state index in [2.05, 4.69) is 42.5 Å². The molecule has 7 heteroatoms. The Balaban J connectivity index is 1.68. The molecule has 3 aromatic carbocycles. The maximum Gasteiger partial charge on any atom is 0.258 e. The topological polar surface area (TPSA) is 54.2 Å². The number of anilines is 1. The molecule has 0 radical (unpaired) electrons. The standard InChI is InChI=1S/C29H27FN4OS/c1-16-7-6-8-22(13-16)27-32-28(35-33-27)25-20(5)34(23-12-10-18(3)24(30)15-23)29(36)31-26(25)21-11-9-17(2)19(4)14-21/h6-15,26H,1-5H3,(H,31,36). The predicted octanol–water partition coefficient (Wildman–Crippen LogP) is 6.98. The molecule has 1 N–H and O–H groups in total. The van der Waals surface area contributed by atoms with Crippen LogP contribution in [0.15, 0.2) is 70.9 Å². The molecule has 1 unspecified atom stereocenters. The molecule has 4 aromatic rings. The number of nitrogens with zero attached hydrogens (tertiary/aromatic N) is 3. The number of allylic oxidation sites excluding steroid dienone is 1. The average Bonchev–Trinajstić information content (AvgIpc) is 3.32. The normalized spacial score (nSPS) is 15.9. The molecule has 182 valence electrons. The minimum Gasteiger partial charge on any atom is -0.351 e.